The molecular formula is C20H21ClF3N3O2. The van der Waals surface area contributed by atoms with Gasteiger partial charge in [-0.3, -0.25) is 9.69 Å². The second-order valence-electron chi connectivity index (χ2n) is 6.70. The van der Waals surface area contributed by atoms with E-state index in [0.717, 1.165) is 17.5 Å². The molecule has 156 valence electrons. The number of hydrogen-bond acceptors (Lipinski definition) is 4. The van der Waals surface area contributed by atoms with E-state index >= 15 is 0 Å². The van der Waals surface area contributed by atoms with E-state index in [1.807, 2.05) is 29.2 Å². The van der Waals surface area contributed by atoms with Gasteiger partial charge in [0.2, 0.25) is 5.91 Å². The molecule has 1 saturated heterocycles. The fourth-order valence-corrected chi connectivity index (χ4v) is 3.40. The molecule has 29 heavy (non-hydrogen) atoms. The Balaban J connectivity index is 1.57. The number of halogens is 4. The Morgan fingerprint density at radius 1 is 1.14 bits per heavy atom. The van der Waals surface area contributed by atoms with Crippen LogP contribution in [0.5, 0.6) is 5.75 Å². The van der Waals surface area contributed by atoms with Crippen molar-refractivity contribution in [2.24, 2.45) is 0 Å². The second kappa shape index (κ2) is 8.92. The number of carbonyl (C=O) groups excluding carboxylic acids is 1. The predicted octanol–water partition coefficient (Wildman–Crippen LogP) is 4.13. The van der Waals surface area contributed by atoms with Gasteiger partial charge in [-0.1, -0.05) is 17.7 Å². The van der Waals surface area contributed by atoms with Gasteiger partial charge in [0.25, 0.3) is 0 Å². The molecule has 2 aromatic carbocycles. The van der Waals surface area contributed by atoms with E-state index in [-0.39, 0.29) is 17.3 Å². The monoisotopic (exact) mass is 427 g/mol. The third kappa shape index (κ3) is 5.55. The fourth-order valence-electron chi connectivity index (χ4n) is 3.22. The molecule has 3 rings (SSSR count). The molecule has 1 aliphatic rings. The molecular weight excluding hydrogens is 407 g/mol. The molecule has 0 bridgehead atoms. The van der Waals surface area contributed by atoms with E-state index in [4.69, 9.17) is 16.3 Å². The standard InChI is InChI=1S/C20H21ClF3N3O2/c1-29-16-4-2-3-15(12-16)27-9-7-26(8-10-27)13-19(28)25-18-6-5-14(21)11-17(18)20(22,23)24/h2-6,11-12H,7-10,13H2,1H3,(H,25,28). The number of carbonyl (C=O) groups is 1. The van der Waals surface area contributed by atoms with Gasteiger partial charge in [-0.2, -0.15) is 13.2 Å². The summed E-state index contributed by atoms with van der Waals surface area (Å²) in [5.41, 5.74) is -0.215. The molecule has 5 nitrogen and oxygen atoms in total. The summed E-state index contributed by atoms with van der Waals surface area (Å²) in [6, 6.07) is 11.0. The summed E-state index contributed by atoms with van der Waals surface area (Å²) in [6.07, 6.45) is -4.60. The Bertz CT molecular complexity index is 868. The Morgan fingerprint density at radius 2 is 1.86 bits per heavy atom. The van der Waals surface area contributed by atoms with Crippen LogP contribution in [0.15, 0.2) is 42.5 Å². The van der Waals surface area contributed by atoms with E-state index in [9.17, 15) is 18.0 Å². The number of benzene rings is 2. The smallest absolute Gasteiger partial charge is 0.418 e. The number of rotatable bonds is 5. The fraction of sp³-hybridized carbons (Fsp3) is 0.350. The van der Waals surface area contributed by atoms with Crippen molar-refractivity contribution in [2.45, 2.75) is 6.18 Å². The van der Waals surface area contributed by atoms with E-state index in [0.29, 0.717) is 26.2 Å². The molecule has 1 aliphatic heterocycles. The maximum Gasteiger partial charge on any atom is 0.418 e. The minimum Gasteiger partial charge on any atom is -0.497 e. The van der Waals surface area contributed by atoms with Crippen LogP contribution in [-0.2, 0) is 11.0 Å². The summed E-state index contributed by atoms with van der Waals surface area (Å²) < 4.78 is 44.7. The molecule has 0 radical (unpaired) electrons. The van der Waals surface area contributed by atoms with Crippen molar-refractivity contribution in [3.63, 3.8) is 0 Å². The average Bonchev–Trinajstić information content (AvgIpc) is 2.69. The zero-order chi connectivity index (χ0) is 21.0. The summed E-state index contributed by atoms with van der Waals surface area (Å²) in [5, 5.41) is 2.32. The second-order valence-corrected chi connectivity index (χ2v) is 7.14. The normalized spacial score (nSPS) is 15.3. The van der Waals surface area contributed by atoms with Crippen LogP contribution >= 0.6 is 11.6 Å². The average molecular weight is 428 g/mol. The molecule has 2 aromatic rings. The van der Waals surface area contributed by atoms with E-state index in [1.54, 1.807) is 7.11 Å². The van der Waals surface area contributed by atoms with Crippen LogP contribution in [0.25, 0.3) is 0 Å². The van der Waals surface area contributed by atoms with Gasteiger partial charge in [0.1, 0.15) is 5.75 Å². The molecule has 1 fully saturated rings. The molecule has 0 aliphatic carbocycles. The van der Waals surface area contributed by atoms with E-state index in [1.165, 1.54) is 12.1 Å². The number of nitrogens with one attached hydrogen (secondary N) is 1. The molecule has 0 unspecified atom stereocenters. The molecule has 0 saturated carbocycles. The van der Waals surface area contributed by atoms with Crippen LogP contribution in [0.1, 0.15) is 5.56 Å². The van der Waals surface area contributed by atoms with Gasteiger partial charge >= 0.3 is 6.18 Å². The number of nitrogens with zero attached hydrogens (tertiary/aromatic N) is 2. The lowest BCUT2D eigenvalue weighted by atomic mass is 10.1. The van der Waals surface area contributed by atoms with Crippen molar-refractivity contribution in [3.8, 4) is 5.75 Å². The molecule has 1 N–H and O–H groups in total. The first-order valence-corrected chi connectivity index (χ1v) is 9.42. The summed E-state index contributed by atoms with van der Waals surface area (Å²) in [6.45, 7) is 2.67. The van der Waals surface area contributed by atoms with Crippen molar-refractivity contribution in [2.75, 3.05) is 50.1 Å². The minimum atomic E-state index is -4.60. The van der Waals surface area contributed by atoms with Crippen LogP contribution in [0, 0.1) is 0 Å². The van der Waals surface area contributed by atoms with Crippen molar-refractivity contribution >= 4 is 28.9 Å². The van der Waals surface area contributed by atoms with Crippen LogP contribution in [-0.4, -0.2) is 50.6 Å². The highest BCUT2D eigenvalue weighted by atomic mass is 35.5. The molecule has 0 spiro atoms. The van der Waals surface area contributed by atoms with Gasteiger partial charge in [0, 0.05) is 43.0 Å². The number of methoxy groups -OCH3 is 1. The van der Waals surface area contributed by atoms with Crippen LogP contribution in [0.4, 0.5) is 24.5 Å². The quantitative estimate of drug-likeness (QED) is 0.779. The van der Waals surface area contributed by atoms with Crippen molar-refractivity contribution in [1.82, 2.24) is 4.90 Å². The predicted molar refractivity (Wildman–Crippen MR) is 107 cm³/mol. The number of anilines is 2. The van der Waals surface area contributed by atoms with Gasteiger partial charge in [-0.25, -0.2) is 0 Å². The summed E-state index contributed by atoms with van der Waals surface area (Å²) in [5.74, 6) is 0.278. The molecule has 0 atom stereocenters. The van der Waals surface area contributed by atoms with Crippen LogP contribution in [0.3, 0.4) is 0 Å². The van der Waals surface area contributed by atoms with Crippen LogP contribution < -0.4 is 15.0 Å². The Morgan fingerprint density at radius 3 is 2.52 bits per heavy atom. The maximum atomic E-state index is 13.2. The highest BCUT2D eigenvalue weighted by molar-refractivity contribution is 6.30. The molecule has 1 amide bonds. The van der Waals surface area contributed by atoms with Crippen molar-refractivity contribution in [3.05, 3.63) is 53.1 Å². The number of alkyl halides is 3. The van der Waals surface area contributed by atoms with Gasteiger partial charge < -0.3 is 15.0 Å². The van der Waals surface area contributed by atoms with Crippen LogP contribution in [0.2, 0.25) is 5.02 Å². The lowest BCUT2D eigenvalue weighted by molar-refractivity contribution is -0.137. The third-order valence-corrected chi connectivity index (χ3v) is 4.95. The van der Waals surface area contributed by atoms with Crippen molar-refractivity contribution < 1.29 is 22.7 Å². The zero-order valence-corrected chi connectivity index (χ0v) is 16.6. The zero-order valence-electron chi connectivity index (χ0n) is 15.8. The number of hydrogen-bond donors (Lipinski definition) is 1. The number of ether oxygens (including phenoxy) is 1. The first kappa shape index (κ1) is 21.3. The summed E-state index contributed by atoms with van der Waals surface area (Å²) in [4.78, 5) is 16.4. The molecule has 1 heterocycles. The third-order valence-electron chi connectivity index (χ3n) is 4.72. The first-order chi connectivity index (χ1) is 13.8. The van der Waals surface area contributed by atoms with Gasteiger partial charge in [0.05, 0.1) is 24.9 Å². The highest BCUT2D eigenvalue weighted by Crippen LogP contribution is 2.36. The lowest BCUT2D eigenvalue weighted by Gasteiger charge is -2.35. The molecule has 0 aromatic heterocycles. The first-order valence-electron chi connectivity index (χ1n) is 9.04. The SMILES string of the molecule is COc1cccc(N2CCN(CC(=O)Nc3ccc(Cl)cc3C(F)(F)F)CC2)c1. The van der Waals surface area contributed by atoms with Gasteiger partial charge in [0.15, 0.2) is 0 Å². The summed E-state index contributed by atoms with van der Waals surface area (Å²) in [7, 11) is 1.61. The Labute approximate surface area is 172 Å². The number of amides is 1. The number of piperazine rings is 1. The van der Waals surface area contributed by atoms with E-state index < -0.39 is 17.6 Å². The Hall–Kier alpha value is -2.45. The largest absolute Gasteiger partial charge is 0.497 e. The minimum absolute atomic E-state index is 0.0197. The highest BCUT2D eigenvalue weighted by Gasteiger charge is 2.34. The molecule has 9 heteroatoms. The Kier molecular flexibility index (Phi) is 6.54. The van der Waals surface area contributed by atoms with Gasteiger partial charge in [-0.15, -0.1) is 0 Å². The van der Waals surface area contributed by atoms with Crippen molar-refractivity contribution in [1.29, 1.82) is 0 Å². The van der Waals surface area contributed by atoms with E-state index in [2.05, 4.69) is 10.2 Å². The van der Waals surface area contributed by atoms with Gasteiger partial charge in [-0.05, 0) is 30.3 Å². The lowest BCUT2D eigenvalue weighted by Crippen LogP contribution is -2.48. The topological polar surface area (TPSA) is 44.8 Å². The summed E-state index contributed by atoms with van der Waals surface area (Å²) >= 11 is 5.66. The maximum absolute atomic E-state index is 13.2.